The van der Waals surface area contributed by atoms with Crippen LogP contribution >= 0.6 is 11.6 Å². The van der Waals surface area contributed by atoms with Gasteiger partial charge in [0.25, 0.3) is 0 Å². The van der Waals surface area contributed by atoms with Crippen LogP contribution in [0.5, 0.6) is 0 Å². The molecule has 0 aromatic carbocycles. The van der Waals surface area contributed by atoms with Crippen molar-refractivity contribution < 1.29 is 0 Å². The monoisotopic (exact) mass is 214 g/mol. The molecule has 0 unspecified atom stereocenters. The van der Waals surface area contributed by atoms with Crippen LogP contribution in [-0.2, 0) is 13.1 Å². The SMILES string of the molecule is CCn1ncnc1CNC1CC(Cl)C1. The minimum absolute atomic E-state index is 0.372. The lowest BCUT2D eigenvalue weighted by molar-refractivity contribution is 0.339. The van der Waals surface area contributed by atoms with Crippen molar-refractivity contribution >= 4 is 11.6 Å². The lowest BCUT2D eigenvalue weighted by atomic mass is 9.92. The van der Waals surface area contributed by atoms with Crippen molar-refractivity contribution in [3.05, 3.63) is 12.2 Å². The van der Waals surface area contributed by atoms with E-state index >= 15 is 0 Å². The van der Waals surface area contributed by atoms with Crippen molar-refractivity contribution in [3.8, 4) is 0 Å². The van der Waals surface area contributed by atoms with E-state index in [0.717, 1.165) is 31.8 Å². The molecule has 5 heteroatoms. The van der Waals surface area contributed by atoms with E-state index in [0.29, 0.717) is 11.4 Å². The van der Waals surface area contributed by atoms with Gasteiger partial charge < -0.3 is 5.32 Å². The normalized spacial score (nSPS) is 26.1. The smallest absolute Gasteiger partial charge is 0.140 e. The van der Waals surface area contributed by atoms with Crippen LogP contribution in [0.15, 0.2) is 6.33 Å². The second-order valence-corrected chi connectivity index (χ2v) is 4.26. The molecule has 14 heavy (non-hydrogen) atoms. The van der Waals surface area contributed by atoms with Gasteiger partial charge in [-0.25, -0.2) is 9.67 Å². The van der Waals surface area contributed by atoms with Gasteiger partial charge in [0.2, 0.25) is 0 Å². The lowest BCUT2D eigenvalue weighted by Crippen LogP contribution is -2.41. The van der Waals surface area contributed by atoms with Gasteiger partial charge in [-0.2, -0.15) is 5.10 Å². The molecular formula is C9H15ClN4. The van der Waals surface area contributed by atoms with Gasteiger partial charge in [0, 0.05) is 18.0 Å². The molecule has 78 valence electrons. The topological polar surface area (TPSA) is 42.7 Å². The molecule has 0 radical (unpaired) electrons. The van der Waals surface area contributed by atoms with E-state index < -0.39 is 0 Å². The fourth-order valence-corrected chi connectivity index (χ4v) is 2.07. The van der Waals surface area contributed by atoms with Crippen molar-refractivity contribution in [3.63, 3.8) is 0 Å². The molecule has 1 N–H and O–H groups in total. The molecule has 0 amide bonds. The second-order valence-electron chi connectivity index (χ2n) is 3.64. The molecule has 0 aliphatic heterocycles. The van der Waals surface area contributed by atoms with E-state index in [1.165, 1.54) is 0 Å². The molecule has 4 nitrogen and oxygen atoms in total. The highest BCUT2D eigenvalue weighted by atomic mass is 35.5. The maximum absolute atomic E-state index is 5.89. The van der Waals surface area contributed by atoms with Gasteiger partial charge >= 0.3 is 0 Å². The highest BCUT2D eigenvalue weighted by Gasteiger charge is 2.26. The van der Waals surface area contributed by atoms with E-state index in [4.69, 9.17) is 11.6 Å². The van der Waals surface area contributed by atoms with Crippen molar-refractivity contribution in [2.45, 2.75) is 44.3 Å². The third-order valence-electron chi connectivity index (χ3n) is 2.62. The Kier molecular flexibility index (Phi) is 3.03. The zero-order valence-electron chi connectivity index (χ0n) is 8.28. The highest BCUT2D eigenvalue weighted by molar-refractivity contribution is 6.21. The summed E-state index contributed by atoms with van der Waals surface area (Å²) in [6.07, 6.45) is 3.75. The molecule has 0 spiro atoms. The fourth-order valence-electron chi connectivity index (χ4n) is 1.64. The summed E-state index contributed by atoms with van der Waals surface area (Å²) in [6, 6.07) is 0.569. The van der Waals surface area contributed by atoms with Crippen LogP contribution in [0.2, 0.25) is 0 Å². The lowest BCUT2D eigenvalue weighted by Gasteiger charge is -2.31. The second kappa shape index (κ2) is 4.28. The third-order valence-corrected chi connectivity index (χ3v) is 2.98. The van der Waals surface area contributed by atoms with Gasteiger partial charge in [-0.1, -0.05) is 0 Å². The number of halogens is 1. The van der Waals surface area contributed by atoms with Gasteiger partial charge in [0.1, 0.15) is 12.2 Å². The Bertz CT molecular complexity index is 293. The maximum Gasteiger partial charge on any atom is 0.140 e. The van der Waals surface area contributed by atoms with Gasteiger partial charge in [-0.15, -0.1) is 11.6 Å². The molecule has 1 aliphatic rings. The molecule has 1 fully saturated rings. The number of nitrogens with zero attached hydrogens (tertiary/aromatic N) is 3. The van der Waals surface area contributed by atoms with E-state index in [-0.39, 0.29) is 0 Å². The Balaban J connectivity index is 1.80. The molecular weight excluding hydrogens is 200 g/mol. The van der Waals surface area contributed by atoms with Crippen molar-refractivity contribution in [2.75, 3.05) is 0 Å². The summed E-state index contributed by atoms with van der Waals surface area (Å²) in [7, 11) is 0. The first-order valence-corrected chi connectivity index (χ1v) is 5.47. The molecule has 1 aromatic heterocycles. The number of hydrogen-bond donors (Lipinski definition) is 1. The minimum Gasteiger partial charge on any atom is -0.307 e. The number of nitrogens with one attached hydrogen (secondary N) is 1. The summed E-state index contributed by atoms with van der Waals surface area (Å²) < 4.78 is 1.91. The van der Waals surface area contributed by atoms with E-state index in [1.54, 1.807) is 6.33 Å². The number of aryl methyl sites for hydroxylation is 1. The van der Waals surface area contributed by atoms with Gasteiger partial charge in [0.15, 0.2) is 0 Å². The Morgan fingerprint density at radius 2 is 2.43 bits per heavy atom. The number of rotatable bonds is 4. The molecule has 2 rings (SSSR count). The number of aromatic nitrogens is 3. The number of alkyl halides is 1. The first-order chi connectivity index (χ1) is 6.79. The van der Waals surface area contributed by atoms with Crippen LogP contribution in [0.25, 0.3) is 0 Å². The Morgan fingerprint density at radius 3 is 3.07 bits per heavy atom. The molecule has 1 heterocycles. The largest absolute Gasteiger partial charge is 0.307 e. The molecule has 1 aliphatic carbocycles. The standard InChI is InChI=1S/C9H15ClN4/c1-2-14-9(12-6-13-14)5-11-8-3-7(10)4-8/h6-8,11H,2-5H2,1H3. The molecule has 0 bridgehead atoms. The van der Waals surface area contributed by atoms with Crippen molar-refractivity contribution in [1.82, 2.24) is 20.1 Å². The van der Waals surface area contributed by atoms with Crippen LogP contribution in [0.4, 0.5) is 0 Å². The summed E-state index contributed by atoms with van der Waals surface area (Å²) in [4.78, 5) is 4.19. The Labute approximate surface area is 88.7 Å². The summed E-state index contributed by atoms with van der Waals surface area (Å²) in [6.45, 7) is 3.73. The average Bonchev–Trinajstić information content (AvgIpc) is 2.57. The quantitative estimate of drug-likeness (QED) is 0.765. The maximum atomic E-state index is 5.89. The molecule has 1 saturated carbocycles. The van der Waals surface area contributed by atoms with Crippen molar-refractivity contribution in [2.24, 2.45) is 0 Å². The minimum atomic E-state index is 0.372. The summed E-state index contributed by atoms with van der Waals surface area (Å²) in [5, 5.41) is 7.90. The molecule has 1 aromatic rings. The average molecular weight is 215 g/mol. The van der Waals surface area contributed by atoms with Gasteiger partial charge in [-0.05, 0) is 19.8 Å². The van der Waals surface area contributed by atoms with Crippen LogP contribution in [0.3, 0.4) is 0 Å². The molecule has 0 atom stereocenters. The van der Waals surface area contributed by atoms with Crippen LogP contribution in [0, 0.1) is 0 Å². The predicted molar refractivity (Wildman–Crippen MR) is 55.2 cm³/mol. The van der Waals surface area contributed by atoms with Crippen LogP contribution in [-0.4, -0.2) is 26.2 Å². The Hall–Kier alpha value is -0.610. The van der Waals surface area contributed by atoms with Gasteiger partial charge in [-0.3, -0.25) is 0 Å². The van der Waals surface area contributed by atoms with Crippen molar-refractivity contribution in [1.29, 1.82) is 0 Å². The molecule has 0 saturated heterocycles. The van der Waals surface area contributed by atoms with Crippen LogP contribution in [0.1, 0.15) is 25.6 Å². The van der Waals surface area contributed by atoms with Crippen LogP contribution < -0.4 is 5.32 Å². The number of hydrogen-bond acceptors (Lipinski definition) is 3. The van der Waals surface area contributed by atoms with E-state index in [1.807, 2.05) is 4.68 Å². The zero-order valence-corrected chi connectivity index (χ0v) is 9.04. The Morgan fingerprint density at radius 1 is 1.64 bits per heavy atom. The van der Waals surface area contributed by atoms with Gasteiger partial charge in [0.05, 0.1) is 6.54 Å². The third kappa shape index (κ3) is 2.07. The fraction of sp³-hybridized carbons (Fsp3) is 0.778. The van der Waals surface area contributed by atoms with E-state index in [9.17, 15) is 0 Å². The first-order valence-electron chi connectivity index (χ1n) is 5.03. The summed E-state index contributed by atoms with van der Waals surface area (Å²) >= 11 is 5.89. The zero-order chi connectivity index (χ0) is 9.97. The highest BCUT2D eigenvalue weighted by Crippen LogP contribution is 2.25. The summed E-state index contributed by atoms with van der Waals surface area (Å²) in [5.74, 6) is 1.01. The first kappa shape index (κ1) is 9.93. The summed E-state index contributed by atoms with van der Waals surface area (Å²) in [5.41, 5.74) is 0. The predicted octanol–water partition coefficient (Wildman–Crippen LogP) is 1.16. The van der Waals surface area contributed by atoms with E-state index in [2.05, 4.69) is 22.3 Å².